The van der Waals surface area contributed by atoms with Gasteiger partial charge < -0.3 is 24.8 Å². The molecule has 47 heavy (non-hydrogen) atoms. The number of Topliss-reactive ketones (excluding diaryl/α,β-unsaturated/α-hetero) is 4. The summed E-state index contributed by atoms with van der Waals surface area (Å²) in [4.78, 5) is 56.2. The van der Waals surface area contributed by atoms with Gasteiger partial charge in [-0.15, -0.1) is 0 Å². The third-order valence-electron chi connectivity index (χ3n) is 11.7. The summed E-state index contributed by atoms with van der Waals surface area (Å²) < 4.78 is 13.5. The highest BCUT2D eigenvalue weighted by molar-refractivity contribution is 6.19. The van der Waals surface area contributed by atoms with Gasteiger partial charge in [-0.25, -0.2) is 0 Å². The van der Waals surface area contributed by atoms with Crippen LogP contribution in [0.4, 0.5) is 0 Å². The average molecular weight is 653 g/mol. The fourth-order valence-corrected chi connectivity index (χ4v) is 9.49. The molecule has 0 radical (unpaired) electrons. The number of aliphatic hydroxyl groups excluding tert-OH is 1. The number of carbonyl (C=O) groups excluding carboxylic acids is 4. The molecule has 2 aliphatic heterocycles. The van der Waals surface area contributed by atoms with Crippen LogP contribution in [0.1, 0.15) is 137 Å². The van der Waals surface area contributed by atoms with E-state index >= 15 is 0 Å². The molecular weight excluding hydrogens is 600 g/mol. The monoisotopic (exact) mass is 652 g/mol. The van der Waals surface area contributed by atoms with Crippen molar-refractivity contribution in [3.63, 3.8) is 0 Å². The number of fused-ring (bicyclic) bond motifs is 2. The van der Waals surface area contributed by atoms with Crippen molar-refractivity contribution in [1.82, 2.24) is 0 Å². The molecular formula is C38H52O9. The highest BCUT2D eigenvalue weighted by Gasteiger charge is 2.76. The molecule has 0 amide bonds. The molecule has 3 N–H and O–H groups in total. The van der Waals surface area contributed by atoms with Crippen molar-refractivity contribution in [2.75, 3.05) is 0 Å². The van der Waals surface area contributed by atoms with Crippen LogP contribution in [-0.2, 0) is 19.1 Å². The number of hydrogen-bond donors (Lipinski definition) is 3. The second kappa shape index (κ2) is 9.93. The number of carbonyl (C=O) groups is 4. The lowest BCUT2D eigenvalue weighted by Crippen LogP contribution is -2.69. The minimum Gasteiger partial charge on any atom is -0.511 e. The first-order chi connectivity index (χ1) is 21.1. The maximum absolute atomic E-state index is 14.4. The molecule has 1 aromatic carbocycles. The lowest BCUT2D eigenvalue weighted by Gasteiger charge is -2.60. The third-order valence-corrected chi connectivity index (χ3v) is 11.7. The number of benzene rings is 1. The second-order valence-corrected chi connectivity index (χ2v) is 17.7. The van der Waals surface area contributed by atoms with Crippen LogP contribution in [0.15, 0.2) is 11.3 Å². The summed E-state index contributed by atoms with van der Waals surface area (Å²) in [6.45, 7) is 24.1. The van der Waals surface area contributed by atoms with Gasteiger partial charge in [0, 0.05) is 45.8 Å². The fourth-order valence-electron chi connectivity index (χ4n) is 9.49. The number of aliphatic hydroxyl groups is 1. The number of phenols is 2. The Hall–Kier alpha value is -3.20. The highest BCUT2D eigenvalue weighted by atomic mass is 16.7. The smallest absolute Gasteiger partial charge is 0.226 e. The molecule has 1 saturated carbocycles. The molecule has 9 nitrogen and oxygen atoms in total. The Balaban J connectivity index is 1.96. The maximum Gasteiger partial charge on any atom is 0.226 e. The van der Waals surface area contributed by atoms with E-state index in [0.29, 0.717) is 6.42 Å². The van der Waals surface area contributed by atoms with Crippen molar-refractivity contribution in [2.24, 2.45) is 39.4 Å². The Morgan fingerprint density at radius 3 is 1.87 bits per heavy atom. The Morgan fingerprint density at radius 1 is 0.809 bits per heavy atom. The SMILES string of the molecule is CC(C)C(=O)c1c(O)c([C@@H](C2=C(O)C(C)(C)C(=O)C(C)(C)C2=O)C(C)C)c(O)c2c1O[C@]13OC(C)(C)C[C@@H]1[C@H]2C(C)(C)C(=O)C3(C)C. The number of allylic oxidation sites excluding steroid dienone is 2. The van der Waals surface area contributed by atoms with E-state index in [9.17, 15) is 34.5 Å². The molecule has 1 aromatic rings. The molecule has 2 fully saturated rings. The quantitative estimate of drug-likeness (QED) is 0.220. The summed E-state index contributed by atoms with van der Waals surface area (Å²) in [6, 6.07) is 0. The van der Waals surface area contributed by atoms with Gasteiger partial charge in [0.25, 0.3) is 0 Å². The van der Waals surface area contributed by atoms with E-state index in [1.54, 1.807) is 55.4 Å². The number of aromatic hydroxyl groups is 2. The lowest BCUT2D eigenvalue weighted by atomic mass is 9.48. The minimum atomic E-state index is -1.51. The number of hydrogen-bond acceptors (Lipinski definition) is 9. The van der Waals surface area contributed by atoms with Gasteiger partial charge in [-0.05, 0) is 67.7 Å². The van der Waals surface area contributed by atoms with E-state index in [1.807, 2.05) is 27.7 Å². The lowest BCUT2D eigenvalue weighted by molar-refractivity contribution is -0.288. The van der Waals surface area contributed by atoms with Crippen molar-refractivity contribution >= 4 is 23.1 Å². The third kappa shape index (κ3) is 4.23. The van der Waals surface area contributed by atoms with Crippen LogP contribution in [0.3, 0.4) is 0 Å². The highest BCUT2D eigenvalue weighted by Crippen LogP contribution is 2.72. The molecule has 5 rings (SSSR count). The van der Waals surface area contributed by atoms with Gasteiger partial charge in [0.05, 0.1) is 21.8 Å². The first-order valence-corrected chi connectivity index (χ1v) is 16.8. The van der Waals surface area contributed by atoms with Crippen LogP contribution in [-0.4, -0.2) is 49.8 Å². The number of ketones is 4. The first kappa shape index (κ1) is 35.1. The van der Waals surface area contributed by atoms with Gasteiger partial charge in [-0.2, -0.15) is 0 Å². The Morgan fingerprint density at radius 2 is 1.36 bits per heavy atom. The zero-order valence-electron chi connectivity index (χ0n) is 30.4. The topological polar surface area (TPSA) is 147 Å². The summed E-state index contributed by atoms with van der Waals surface area (Å²) in [5, 5.41) is 36.4. The van der Waals surface area contributed by atoms with Gasteiger partial charge in [0.1, 0.15) is 28.6 Å². The summed E-state index contributed by atoms with van der Waals surface area (Å²) in [5.74, 6) is -7.94. The molecule has 4 aliphatic rings. The van der Waals surface area contributed by atoms with Crippen LogP contribution in [0.2, 0.25) is 0 Å². The van der Waals surface area contributed by atoms with Crippen LogP contribution < -0.4 is 4.74 Å². The molecule has 0 spiro atoms. The molecule has 1 saturated heterocycles. The van der Waals surface area contributed by atoms with Crippen molar-refractivity contribution < 1.29 is 44.0 Å². The standard InChI is InChI=1S/C38H52O9/c1-16(2)19(21-29(42)35(9,10)31(44)36(11,12)30(21)43)20-26(40)22-24-18-15-33(5,6)47-38(18,37(13,14)32(45)34(24,7)8)46-28(22)23(27(20)41)25(39)17(3)4/h16-19,24,40-42H,15H2,1-14H3/t18-,19+,24-,38+/m1/s1. The molecule has 2 aliphatic carbocycles. The predicted molar refractivity (Wildman–Crippen MR) is 176 cm³/mol. The van der Waals surface area contributed by atoms with E-state index in [0.717, 1.165) is 0 Å². The number of rotatable bonds is 5. The molecule has 9 heteroatoms. The Kier molecular flexibility index (Phi) is 7.42. The van der Waals surface area contributed by atoms with Crippen LogP contribution >= 0.6 is 0 Å². The second-order valence-electron chi connectivity index (χ2n) is 17.7. The maximum atomic E-state index is 14.4. The zero-order chi connectivity index (χ0) is 35.9. The summed E-state index contributed by atoms with van der Waals surface area (Å²) >= 11 is 0. The predicted octanol–water partition coefficient (Wildman–Crippen LogP) is 7.31. The summed E-state index contributed by atoms with van der Waals surface area (Å²) in [6.07, 6.45) is 0.489. The summed E-state index contributed by atoms with van der Waals surface area (Å²) in [5.41, 5.74) is -6.07. The number of ether oxygens (including phenoxy) is 2. The van der Waals surface area contributed by atoms with E-state index < -0.39 is 97.2 Å². The van der Waals surface area contributed by atoms with E-state index in [-0.39, 0.29) is 33.8 Å². The molecule has 2 heterocycles. The fraction of sp³-hybridized carbons (Fsp3) is 0.684. The summed E-state index contributed by atoms with van der Waals surface area (Å²) in [7, 11) is 0. The molecule has 2 bridgehead atoms. The zero-order valence-corrected chi connectivity index (χ0v) is 30.4. The Bertz CT molecular complexity index is 1670. The van der Waals surface area contributed by atoms with Crippen molar-refractivity contribution in [1.29, 1.82) is 0 Å². The minimum absolute atomic E-state index is 0.0263. The van der Waals surface area contributed by atoms with Gasteiger partial charge in [-0.3, -0.25) is 19.2 Å². The molecule has 4 atom stereocenters. The van der Waals surface area contributed by atoms with Crippen LogP contribution in [0, 0.1) is 39.4 Å². The largest absolute Gasteiger partial charge is 0.511 e. The molecule has 258 valence electrons. The Labute approximate surface area is 278 Å². The molecule has 0 aromatic heterocycles. The van der Waals surface area contributed by atoms with Crippen molar-refractivity contribution in [3.05, 3.63) is 28.0 Å². The van der Waals surface area contributed by atoms with E-state index in [2.05, 4.69) is 0 Å². The average Bonchev–Trinajstić information content (AvgIpc) is 3.23. The first-order valence-electron chi connectivity index (χ1n) is 16.8. The van der Waals surface area contributed by atoms with Gasteiger partial charge in [0.2, 0.25) is 5.79 Å². The van der Waals surface area contributed by atoms with Crippen LogP contribution in [0.5, 0.6) is 17.2 Å². The van der Waals surface area contributed by atoms with Crippen molar-refractivity contribution in [3.8, 4) is 17.2 Å². The van der Waals surface area contributed by atoms with Gasteiger partial charge in [0.15, 0.2) is 23.1 Å². The van der Waals surface area contributed by atoms with Crippen molar-refractivity contribution in [2.45, 2.75) is 127 Å². The number of phenolic OH excluding ortho intramolecular Hbond substituents is 2. The van der Waals surface area contributed by atoms with E-state index in [4.69, 9.17) is 9.47 Å². The normalized spacial score (nSPS) is 30.3. The molecule has 0 unspecified atom stereocenters. The van der Waals surface area contributed by atoms with Gasteiger partial charge >= 0.3 is 0 Å². The van der Waals surface area contributed by atoms with Crippen LogP contribution in [0.25, 0.3) is 0 Å². The van der Waals surface area contributed by atoms with E-state index in [1.165, 1.54) is 13.8 Å². The van der Waals surface area contributed by atoms with Gasteiger partial charge in [-0.1, -0.05) is 41.5 Å².